The first-order chi connectivity index (χ1) is 13.3. The Morgan fingerprint density at radius 1 is 1.21 bits per heavy atom. The zero-order valence-corrected chi connectivity index (χ0v) is 17.4. The van der Waals surface area contributed by atoms with Crippen LogP contribution in [0.2, 0.25) is 5.02 Å². The van der Waals surface area contributed by atoms with E-state index in [1.807, 2.05) is 6.92 Å². The zero-order chi connectivity index (χ0) is 20.4. The van der Waals surface area contributed by atoms with Crippen LogP contribution in [0.3, 0.4) is 0 Å². The molecule has 0 bridgehead atoms. The van der Waals surface area contributed by atoms with Crippen molar-refractivity contribution in [1.29, 1.82) is 0 Å². The van der Waals surface area contributed by atoms with Crippen molar-refractivity contribution in [1.82, 2.24) is 5.32 Å². The summed E-state index contributed by atoms with van der Waals surface area (Å²) in [6.07, 6.45) is 1.41. The molecule has 2 aromatic carbocycles. The summed E-state index contributed by atoms with van der Waals surface area (Å²) in [6.45, 7) is 3.95. The first-order valence-electron chi connectivity index (χ1n) is 8.42. The van der Waals surface area contributed by atoms with Crippen molar-refractivity contribution in [2.45, 2.75) is 13.8 Å². The number of amides is 4. The van der Waals surface area contributed by atoms with E-state index in [2.05, 4.69) is 21.2 Å². The standard InChI is InChI=1S/C20H16BrClN2O4/c1-3-28-17-8-7-13(21)9-12(17)10-14-18(25)23-20(27)24(19(14)26)16-6-4-5-15(22)11(16)2/h4-10H,3H2,1-2H3,(H,23,25,27)/b14-10+. The minimum absolute atomic E-state index is 0.182. The molecular formula is C20H16BrClN2O4. The third-order valence-electron chi connectivity index (χ3n) is 4.15. The maximum Gasteiger partial charge on any atom is 0.335 e. The number of nitrogens with one attached hydrogen (secondary N) is 1. The van der Waals surface area contributed by atoms with E-state index in [4.69, 9.17) is 16.3 Å². The summed E-state index contributed by atoms with van der Waals surface area (Å²) in [5, 5.41) is 2.61. The number of carbonyl (C=O) groups excluding carboxylic acids is 3. The lowest BCUT2D eigenvalue weighted by atomic mass is 10.0. The highest BCUT2D eigenvalue weighted by Crippen LogP contribution is 2.31. The molecule has 6 nitrogen and oxygen atoms in total. The minimum atomic E-state index is -0.822. The van der Waals surface area contributed by atoms with Crippen LogP contribution in [0.1, 0.15) is 18.1 Å². The number of anilines is 1. The van der Waals surface area contributed by atoms with Gasteiger partial charge in [0.05, 0.1) is 12.3 Å². The van der Waals surface area contributed by atoms with Gasteiger partial charge in [-0.05, 0) is 55.8 Å². The summed E-state index contributed by atoms with van der Waals surface area (Å²) in [5.74, 6) is -0.990. The maximum atomic E-state index is 13.0. The number of hydrogen-bond acceptors (Lipinski definition) is 4. The molecule has 4 amide bonds. The van der Waals surface area contributed by atoms with Gasteiger partial charge in [0.25, 0.3) is 11.8 Å². The van der Waals surface area contributed by atoms with Crippen LogP contribution in [0.5, 0.6) is 5.75 Å². The molecule has 0 aliphatic carbocycles. The molecule has 3 rings (SSSR count). The zero-order valence-electron chi connectivity index (χ0n) is 15.1. The first-order valence-corrected chi connectivity index (χ1v) is 9.59. The third kappa shape index (κ3) is 3.81. The van der Waals surface area contributed by atoms with Crippen LogP contribution in [-0.2, 0) is 9.59 Å². The van der Waals surface area contributed by atoms with Gasteiger partial charge in [-0.3, -0.25) is 14.9 Å². The van der Waals surface area contributed by atoms with Gasteiger partial charge in [-0.1, -0.05) is 33.6 Å². The second-order valence-corrected chi connectivity index (χ2v) is 7.28. The fourth-order valence-electron chi connectivity index (χ4n) is 2.79. The molecule has 0 saturated carbocycles. The van der Waals surface area contributed by atoms with Gasteiger partial charge in [0.15, 0.2) is 0 Å². The summed E-state index contributed by atoms with van der Waals surface area (Å²) >= 11 is 9.49. The molecule has 1 fully saturated rings. The number of carbonyl (C=O) groups is 3. The third-order valence-corrected chi connectivity index (χ3v) is 5.06. The number of hydrogen-bond donors (Lipinski definition) is 1. The number of ether oxygens (including phenoxy) is 1. The van der Waals surface area contributed by atoms with Gasteiger partial charge in [-0.25, -0.2) is 9.69 Å². The normalized spacial score (nSPS) is 15.8. The van der Waals surface area contributed by atoms with E-state index >= 15 is 0 Å². The van der Waals surface area contributed by atoms with E-state index in [0.29, 0.717) is 34.2 Å². The molecule has 0 atom stereocenters. The van der Waals surface area contributed by atoms with E-state index in [9.17, 15) is 14.4 Å². The predicted octanol–water partition coefficient (Wildman–Crippen LogP) is 4.48. The smallest absolute Gasteiger partial charge is 0.335 e. The van der Waals surface area contributed by atoms with Crippen LogP contribution in [0.25, 0.3) is 6.08 Å². The Labute approximate surface area is 175 Å². The van der Waals surface area contributed by atoms with E-state index in [0.717, 1.165) is 9.37 Å². The molecule has 1 heterocycles. The molecular weight excluding hydrogens is 448 g/mol. The number of rotatable bonds is 4. The van der Waals surface area contributed by atoms with Crippen molar-refractivity contribution >= 4 is 57.1 Å². The first kappa shape index (κ1) is 20.1. The van der Waals surface area contributed by atoms with Crippen molar-refractivity contribution in [3.63, 3.8) is 0 Å². The van der Waals surface area contributed by atoms with Gasteiger partial charge < -0.3 is 4.74 Å². The van der Waals surface area contributed by atoms with E-state index in [-0.39, 0.29) is 5.57 Å². The summed E-state index contributed by atoms with van der Waals surface area (Å²) < 4.78 is 6.32. The van der Waals surface area contributed by atoms with Gasteiger partial charge >= 0.3 is 6.03 Å². The Morgan fingerprint density at radius 2 is 1.96 bits per heavy atom. The highest BCUT2D eigenvalue weighted by atomic mass is 79.9. The average molecular weight is 464 g/mol. The lowest BCUT2D eigenvalue weighted by molar-refractivity contribution is -0.122. The Balaban J connectivity index is 2.10. The second kappa shape index (κ2) is 8.16. The summed E-state index contributed by atoms with van der Waals surface area (Å²) in [6, 6.07) is 9.31. The Bertz CT molecular complexity index is 1020. The van der Waals surface area contributed by atoms with Gasteiger partial charge in [-0.2, -0.15) is 0 Å². The molecule has 0 spiro atoms. The number of benzene rings is 2. The highest BCUT2D eigenvalue weighted by Gasteiger charge is 2.37. The van der Waals surface area contributed by atoms with Gasteiger partial charge in [-0.15, -0.1) is 0 Å². The molecule has 144 valence electrons. The molecule has 0 unspecified atom stereocenters. The van der Waals surface area contributed by atoms with Gasteiger partial charge in [0, 0.05) is 15.1 Å². The molecule has 1 saturated heterocycles. The Kier molecular flexibility index (Phi) is 5.86. The molecule has 8 heteroatoms. The van der Waals surface area contributed by atoms with Crippen molar-refractivity contribution < 1.29 is 19.1 Å². The summed E-state index contributed by atoms with van der Waals surface area (Å²) in [7, 11) is 0. The highest BCUT2D eigenvalue weighted by molar-refractivity contribution is 9.10. The summed E-state index contributed by atoms with van der Waals surface area (Å²) in [4.78, 5) is 38.7. The van der Waals surface area contributed by atoms with Crippen LogP contribution in [0.4, 0.5) is 10.5 Å². The topological polar surface area (TPSA) is 75.7 Å². The largest absolute Gasteiger partial charge is 0.493 e. The molecule has 2 aromatic rings. The molecule has 0 radical (unpaired) electrons. The van der Waals surface area contributed by atoms with Crippen LogP contribution in [0, 0.1) is 6.92 Å². The van der Waals surface area contributed by atoms with Gasteiger partial charge in [0.1, 0.15) is 11.3 Å². The fourth-order valence-corrected chi connectivity index (χ4v) is 3.34. The van der Waals surface area contributed by atoms with Crippen LogP contribution in [0.15, 0.2) is 46.4 Å². The number of urea groups is 1. The number of halogens is 2. The number of barbiturate groups is 1. The Morgan fingerprint density at radius 3 is 2.68 bits per heavy atom. The van der Waals surface area contributed by atoms with Crippen molar-refractivity contribution in [3.8, 4) is 5.75 Å². The monoisotopic (exact) mass is 462 g/mol. The molecule has 28 heavy (non-hydrogen) atoms. The average Bonchev–Trinajstić information content (AvgIpc) is 2.64. The second-order valence-electron chi connectivity index (χ2n) is 5.96. The number of nitrogens with zero attached hydrogens (tertiary/aromatic N) is 1. The quantitative estimate of drug-likeness (QED) is 0.536. The van der Waals surface area contributed by atoms with Crippen LogP contribution >= 0.6 is 27.5 Å². The lowest BCUT2D eigenvalue weighted by Gasteiger charge is -2.27. The van der Waals surface area contributed by atoms with Crippen molar-refractivity contribution in [2.75, 3.05) is 11.5 Å². The molecule has 1 aliphatic heterocycles. The molecule has 1 N–H and O–H groups in total. The maximum absolute atomic E-state index is 13.0. The molecule has 1 aliphatic rings. The van der Waals surface area contributed by atoms with Gasteiger partial charge in [0.2, 0.25) is 0 Å². The predicted molar refractivity (Wildman–Crippen MR) is 111 cm³/mol. The van der Waals surface area contributed by atoms with Crippen LogP contribution in [-0.4, -0.2) is 24.5 Å². The fraction of sp³-hybridized carbons (Fsp3) is 0.150. The minimum Gasteiger partial charge on any atom is -0.493 e. The Hall–Kier alpha value is -2.64. The van der Waals surface area contributed by atoms with Crippen LogP contribution < -0.4 is 15.0 Å². The van der Waals surface area contributed by atoms with Crippen molar-refractivity contribution in [3.05, 3.63) is 62.6 Å². The van der Waals surface area contributed by atoms with Crippen molar-refractivity contribution in [2.24, 2.45) is 0 Å². The summed E-state index contributed by atoms with van der Waals surface area (Å²) in [5.41, 5.74) is 1.22. The van der Waals surface area contributed by atoms with E-state index in [1.54, 1.807) is 43.3 Å². The molecule has 0 aromatic heterocycles. The lowest BCUT2D eigenvalue weighted by Crippen LogP contribution is -2.54. The van der Waals surface area contributed by atoms with E-state index in [1.165, 1.54) is 6.08 Å². The SMILES string of the molecule is CCOc1ccc(Br)cc1/C=C1\C(=O)NC(=O)N(c2cccc(Cl)c2C)C1=O. The number of imide groups is 2. The van der Waals surface area contributed by atoms with E-state index < -0.39 is 17.8 Å².